The van der Waals surface area contributed by atoms with Gasteiger partial charge < -0.3 is 5.32 Å². The Labute approximate surface area is 149 Å². The molecule has 6 nitrogen and oxygen atoms in total. The predicted octanol–water partition coefficient (Wildman–Crippen LogP) is 3.99. The van der Waals surface area contributed by atoms with Gasteiger partial charge in [0.05, 0.1) is 4.92 Å². The molecule has 1 amide bonds. The van der Waals surface area contributed by atoms with Crippen LogP contribution in [0.4, 0.5) is 11.4 Å². The number of rotatable bonds is 3. The van der Waals surface area contributed by atoms with Gasteiger partial charge in [0.1, 0.15) is 0 Å². The number of aryl methyl sites for hydroxylation is 2. The summed E-state index contributed by atoms with van der Waals surface area (Å²) >= 11 is 11.1. The van der Waals surface area contributed by atoms with Crippen LogP contribution in [-0.4, -0.2) is 15.9 Å². The third-order valence-corrected chi connectivity index (χ3v) is 3.94. The van der Waals surface area contributed by atoms with Gasteiger partial charge in [0.15, 0.2) is 5.11 Å². The minimum atomic E-state index is -0.534. The van der Waals surface area contributed by atoms with E-state index < -0.39 is 10.8 Å². The number of amides is 1. The Bertz CT molecular complexity index is 839. The minimum Gasteiger partial charge on any atom is -0.332 e. The van der Waals surface area contributed by atoms with E-state index in [9.17, 15) is 14.9 Å². The quantitative estimate of drug-likeness (QED) is 0.489. The molecule has 0 aliphatic heterocycles. The molecule has 0 radical (unpaired) electrons. The lowest BCUT2D eigenvalue weighted by atomic mass is 10.1. The first-order valence-corrected chi connectivity index (χ1v) is 7.70. The van der Waals surface area contributed by atoms with Crippen molar-refractivity contribution in [2.75, 3.05) is 5.32 Å². The van der Waals surface area contributed by atoms with E-state index in [1.807, 2.05) is 13.0 Å². The molecule has 0 saturated carbocycles. The van der Waals surface area contributed by atoms with Gasteiger partial charge in [-0.3, -0.25) is 20.2 Å². The number of nitro benzene ring substituents is 1. The minimum absolute atomic E-state index is 0.0724. The van der Waals surface area contributed by atoms with Gasteiger partial charge in [0, 0.05) is 27.9 Å². The zero-order valence-electron chi connectivity index (χ0n) is 12.9. The molecular formula is C16H14ClN3O3S. The smallest absolute Gasteiger partial charge is 0.273 e. The molecule has 0 atom stereocenters. The summed E-state index contributed by atoms with van der Waals surface area (Å²) in [5, 5.41) is 16.9. The Kier molecular flexibility index (Phi) is 5.48. The van der Waals surface area contributed by atoms with Crippen molar-refractivity contribution in [1.82, 2.24) is 5.32 Å². The molecule has 0 aliphatic carbocycles. The Morgan fingerprint density at radius 2 is 1.83 bits per heavy atom. The number of carbonyl (C=O) groups excluding carboxylic acids is 1. The fourth-order valence-corrected chi connectivity index (χ4v) is 2.35. The van der Waals surface area contributed by atoms with Crippen LogP contribution in [0, 0.1) is 24.0 Å². The fourth-order valence-electron chi connectivity index (χ4n) is 1.96. The van der Waals surface area contributed by atoms with Crippen LogP contribution in [0.3, 0.4) is 0 Å². The zero-order valence-corrected chi connectivity index (χ0v) is 14.5. The van der Waals surface area contributed by atoms with Gasteiger partial charge in [0.25, 0.3) is 11.6 Å². The molecule has 0 saturated heterocycles. The molecule has 0 aromatic heterocycles. The Morgan fingerprint density at radius 1 is 1.17 bits per heavy atom. The van der Waals surface area contributed by atoms with Crippen LogP contribution in [0.1, 0.15) is 21.5 Å². The van der Waals surface area contributed by atoms with E-state index in [0.29, 0.717) is 16.3 Å². The monoisotopic (exact) mass is 363 g/mol. The number of benzene rings is 2. The molecule has 0 aliphatic rings. The average molecular weight is 364 g/mol. The van der Waals surface area contributed by atoms with Crippen LogP contribution in [0.2, 0.25) is 5.02 Å². The molecule has 0 bridgehead atoms. The van der Waals surface area contributed by atoms with Gasteiger partial charge in [0.2, 0.25) is 0 Å². The number of anilines is 1. The Balaban J connectivity index is 2.08. The summed E-state index contributed by atoms with van der Waals surface area (Å²) in [6, 6.07) is 9.52. The van der Waals surface area contributed by atoms with Crippen LogP contribution in [0.5, 0.6) is 0 Å². The van der Waals surface area contributed by atoms with Crippen LogP contribution < -0.4 is 10.6 Å². The summed E-state index contributed by atoms with van der Waals surface area (Å²) in [6.07, 6.45) is 0. The number of carbonyl (C=O) groups is 1. The number of nitro groups is 1. The molecular weight excluding hydrogens is 350 g/mol. The first kappa shape index (κ1) is 17.8. The summed E-state index contributed by atoms with van der Waals surface area (Å²) in [7, 11) is 0. The van der Waals surface area contributed by atoms with Gasteiger partial charge in [-0.05, 0) is 49.8 Å². The maximum absolute atomic E-state index is 12.2. The van der Waals surface area contributed by atoms with E-state index in [2.05, 4.69) is 10.6 Å². The summed E-state index contributed by atoms with van der Waals surface area (Å²) in [5.41, 5.74) is 2.06. The molecule has 0 spiro atoms. The molecule has 2 aromatic carbocycles. The molecule has 0 heterocycles. The van der Waals surface area contributed by atoms with Crippen molar-refractivity contribution in [3.05, 3.63) is 68.2 Å². The lowest BCUT2D eigenvalue weighted by molar-refractivity contribution is -0.385. The normalized spacial score (nSPS) is 10.1. The highest BCUT2D eigenvalue weighted by Gasteiger charge is 2.15. The van der Waals surface area contributed by atoms with Crippen molar-refractivity contribution in [1.29, 1.82) is 0 Å². The van der Waals surface area contributed by atoms with Crippen molar-refractivity contribution in [2.24, 2.45) is 0 Å². The van der Waals surface area contributed by atoms with Gasteiger partial charge in [-0.2, -0.15) is 0 Å². The molecule has 2 rings (SSSR count). The number of thiocarbonyl (C=S) groups is 1. The molecule has 0 unspecified atom stereocenters. The molecule has 24 heavy (non-hydrogen) atoms. The second-order valence-corrected chi connectivity index (χ2v) is 5.95. The second kappa shape index (κ2) is 7.37. The zero-order chi connectivity index (χ0) is 17.9. The van der Waals surface area contributed by atoms with E-state index in [1.165, 1.54) is 18.2 Å². The second-order valence-electron chi connectivity index (χ2n) is 5.13. The van der Waals surface area contributed by atoms with Gasteiger partial charge in [-0.1, -0.05) is 23.7 Å². The number of hydrogen-bond donors (Lipinski definition) is 2. The highest BCUT2D eigenvalue weighted by Crippen LogP contribution is 2.20. The predicted molar refractivity (Wildman–Crippen MR) is 97.7 cm³/mol. The van der Waals surface area contributed by atoms with Crippen molar-refractivity contribution >= 4 is 46.2 Å². The summed E-state index contributed by atoms with van der Waals surface area (Å²) in [5.74, 6) is -0.534. The van der Waals surface area contributed by atoms with Crippen molar-refractivity contribution < 1.29 is 9.72 Å². The SMILES string of the molecule is Cc1ccc(NC(=S)NC(=O)c2ccc(C)c([N+](=O)[O-])c2)cc1Cl. The summed E-state index contributed by atoms with van der Waals surface area (Å²) < 4.78 is 0. The molecule has 2 N–H and O–H groups in total. The average Bonchev–Trinajstić information content (AvgIpc) is 2.51. The first-order chi connectivity index (χ1) is 11.3. The number of nitrogens with zero attached hydrogens (tertiary/aromatic N) is 1. The number of halogens is 1. The Hall–Kier alpha value is -2.51. The first-order valence-electron chi connectivity index (χ1n) is 6.91. The van der Waals surface area contributed by atoms with Crippen LogP contribution in [-0.2, 0) is 0 Å². The third kappa shape index (κ3) is 4.27. The highest BCUT2D eigenvalue weighted by molar-refractivity contribution is 7.80. The maximum atomic E-state index is 12.2. The number of nitrogens with one attached hydrogen (secondary N) is 2. The molecule has 0 fully saturated rings. The molecule has 2 aromatic rings. The van der Waals surface area contributed by atoms with E-state index in [4.69, 9.17) is 23.8 Å². The summed E-state index contributed by atoms with van der Waals surface area (Å²) in [6.45, 7) is 3.48. The highest BCUT2D eigenvalue weighted by atomic mass is 35.5. The van der Waals surface area contributed by atoms with Crippen LogP contribution in [0.25, 0.3) is 0 Å². The Morgan fingerprint density at radius 3 is 2.46 bits per heavy atom. The number of hydrogen-bond acceptors (Lipinski definition) is 4. The third-order valence-electron chi connectivity index (χ3n) is 3.32. The van der Waals surface area contributed by atoms with Gasteiger partial charge in [-0.25, -0.2) is 0 Å². The van der Waals surface area contributed by atoms with Crippen molar-refractivity contribution in [3.63, 3.8) is 0 Å². The lowest BCUT2D eigenvalue weighted by Crippen LogP contribution is -2.34. The summed E-state index contributed by atoms with van der Waals surface area (Å²) in [4.78, 5) is 22.6. The fraction of sp³-hybridized carbons (Fsp3) is 0.125. The van der Waals surface area contributed by atoms with Crippen molar-refractivity contribution in [3.8, 4) is 0 Å². The largest absolute Gasteiger partial charge is 0.332 e. The lowest BCUT2D eigenvalue weighted by Gasteiger charge is -2.10. The topological polar surface area (TPSA) is 84.3 Å². The molecule has 124 valence electrons. The van der Waals surface area contributed by atoms with Crippen LogP contribution >= 0.6 is 23.8 Å². The van der Waals surface area contributed by atoms with E-state index in [1.54, 1.807) is 19.1 Å². The van der Waals surface area contributed by atoms with Gasteiger partial charge >= 0.3 is 0 Å². The van der Waals surface area contributed by atoms with E-state index in [0.717, 1.165) is 5.56 Å². The van der Waals surface area contributed by atoms with Crippen LogP contribution in [0.15, 0.2) is 36.4 Å². The maximum Gasteiger partial charge on any atom is 0.273 e. The van der Waals surface area contributed by atoms with Gasteiger partial charge in [-0.15, -0.1) is 0 Å². The molecule has 8 heteroatoms. The van der Waals surface area contributed by atoms with Crippen molar-refractivity contribution in [2.45, 2.75) is 13.8 Å². The van der Waals surface area contributed by atoms with E-state index in [-0.39, 0.29) is 16.4 Å². The van der Waals surface area contributed by atoms with E-state index >= 15 is 0 Å². The standard InChI is InChI=1S/C16H14ClN3O3S/c1-9-4-6-12(8-13(9)17)18-16(24)19-15(21)11-5-3-10(2)14(7-11)20(22)23/h3-8H,1-2H3,(H2,18,19,21,24).